The maximum absolute atomic E-state index is 11.6. The first-order chi connectivity index (χ1) is 6.42. The lowest BCUT2D eigenvalue weighted by Crippen LogP contribution is -2.30. The van der Waals surface area contributed by atoms with Gasteiger partial charge in [-0.1, -0.05) is 11.6 Å². The number of rotatable bonds is 3. The molecule has 1 aromatic carbocycles. The van der Waals surface area contributed by atoms with Crippen molar-refractivity contribution in [2.24, 2.45) is 0 Å². The van der Waals surface area contributed by atoms with Crippen LogP contribution in [0.1, 0.15) is 13.8 Å². The predicted molar refractivity (Wildman–Crippen MR) is 56.9 cm³/mol. The highest BCUT2D eigenvalue weighted by molar-refractivity contribution is 7.89. The molecule has 0 spiro atoms. The standard InChI is InChI=1S/C9H12ClNO2S/c1-7(2)11-14(12,13)9-5-3-8(10)4-6-9/h3-7,11H,1-2H3. The lowest BCUT2D eigenvalue weighted by atomic mass is 10.4. The molecule has 0 bridgehead atoms. The first-order valence-electron chi connectivity index (χ1n) is 4.20. The summed E-state index contributed by atoms with van der Waals surface area (Å²) in [4.78, 5) is 0.232. The number of hydrogen-bond donors (Lipinski definition) is 1. The van der Waals surface area contributed by atoms with Crippen molar-refractivity contribution in [1.82, 2.24) is 4.72 Å². The van der Waals surface area contributed by atoms with Gasteiger partial charge in [0, 0.05) is 11.1 Å². The molecule has 0 amide bonds. The van der Waals surface area contributed by atoms with Crippen LogP contribution in [0.15, 0.2) is 29.2 Å². The molecule has 0 radical (unpaired) electrons. The quantitative estimate of drug-likeness (QED) is 0.869. The summed E-state index contributed by atoms with van der Waals surface area (Å²) in [7, 11) is -3.38. The van der Waals surface area contributed by atoms with Crippen LogP contribution in [0.2, 0.25) is 5.02 Å². The van der Waals surface area contributed by atoms with E-state index in [4.69, 9.17) is 11.6 Å². The molecule has 5 heteroatoms. The first kappa shape index (κ1) is 11.5. The summed E-state index contributed by atoms with van der Waals surface area (Å²) in [5.74, 6) is 0. The second-order valence-electron chi connectivity index (χ2n) is 3.23. The molecule has 0 fully saturated rings. The van der Waals surface area contributed by atoms with Crippen molar-refractivity contribution in [3.8, 4) is 0 Å². The van der Waals surface area contributed by atoms with Crippen molar-refractivity contribution in [1.29, 1.82) is 0 Å². The number of nitrogens with one attached hydrogen (secondary N) is 1. The van der Waals surface area contributed by atoms with Crippen molar-refractivity contribution in [3.05, 3.63) is 29.3 Å². The fourth-order valence-electron chi connectivity index (χ4n) is 0.992. The van der Waals surface area contributed by atoms with Crippen LogP contribution in [-0.4, -0.2) is 14.5 Å². The first-order valence-corrected chi connectivity index (χ1v) is 6.06. The van der Waals surface area contributed by atoms with Gasteiger partial charge in [-0.05, 0) is 38.1 Å². The molecule has 0 aliphatic heterocycles. The van der Waals surface area contributed by atoms with E-state index < -0.39 is 10.0 Å². The van der Waals surface area contributed by atoms with Gasteiger partial charge >= 0.3 is 0 Å². The molecule has 0 aliphatic rings. The van der Waals surface area contributed by atoms with Gasteiger partial charge in [0.25, 0.3) is 0 Å². The highest BCUT2D eigenvalue weighted by Gasteiger charge is 2.14. The van der Waals surface area contributed by atoms with E-state index in [1.807, 2.05) is 0 Å². The van der Waals surface area contributed by atoms with E-state index in [2.05, 4.69) is 4.72 Å². The average Bonchev–Trinajstić information content (AvgIpc) is 2.02. The van der Waals surface area contributed by atoms with Crippen molar-refractivity contribution in [2.75, 3.05) is 0 Å². The Balaban J connectivity index is 2.99. The molecule has 0 saturated carbocycles. The summed E-state index contributed by atoms with van der Waals surface area (Å²) in [6.07, 6.45) is 0. The summed E-state index contributed by atoms with van der Waals surface area (Å²) in [6.45, 7) is 3.54. The molecule has 14 heavy (non-hydrogen) atoms. The lowest BCUT2D eigenvalue weighted by molar-refractivity contribution is 0.570. The SMILES string of the molecule is CC(C)NS(=O)(=O)c1ccc(Cl)cc1. The van der Waals surface area contributed by atoms with Crippen molar-refractivity contribution < 1.29 is 8.42 Å². The van der Waals surface area contributed by atoms with Gasteiger partial charge in [0.1, 0.15) is 0 Å². The highest BCUT2D eigenvalue weighted by atomic mass is 35.5. The fourth-order valence-corrected chi connectivity index (χ4v) is 2.37. The smallest absolute Gasteiger partial charge is 0.209 e. The van der Waals surface area contributed by atoms with Gasteiger partial charge in [0.2, 0.25) is 10.0 Å². The molecular formula is C9H12ClNO2S. The largest absolute Gasteiger partial charge is 0.240 e. The molecule has 1 rings (SSSR count). The second kappa shape index (κ2) is 4.29. The Labute approximate surface area is 89.1 Å². The van der Waals surface area contributed by atoms with E-state index in [-0.39, 0.29) is 10.9 Å². The molecule has 0 unspecified atom stereocenters. The Morgan fingerprint density at radius 1 is 1.21 bits per heavy atom. The van der Waals surface area contributed by atoms with E-state index in [0.717, 1.165) is 0 Å². The molecular weight excluding hydrogens is 222 g/mol. The van der Waals surface area contributed by atoms with Gasteiger partial charge in [-0.2, -0.15) is 0 Å². The topological polar surface area (TPSA) is 46.2 Å². The third-order valence-electron chi connectivity index (χ3n) is 1.51. The van der Waals surface area contributed by atoms with Crippen LogP contribution in [-0.2, 0) is 10.0 Å². The molecule has 1 N–H and O–H groups in total. The van der Waals surface area contributed by atoms with Gasteiger partial charge in [-0.25, -0.2) is 13.1 Å². The number of benzene rings is 1. The van der Waals surface area contributed by atoms with Crippen LogP contribution in [0.4, 0.5) is 0 Å². The minimum absolute atomic E-state index is 0.115. The normalized spacial score (nSPS) is 12.0. The van der Waals surface area contributed by atoms with Crippen LogP contribution in [0.3, 0.4) is 0 Å². The minimum atomic E-state index is -3.38. The van der Waals surface area contributed by atoms with Crippen molar-refractivity contribution in [2.45, 2.75) is 24.8 Å². The van der Waals surface area contributed by atoms with E-state index in [0.29, 0.717) is 5.02 Å². The predicted octanol–water partition coefficient (Wildman–Crippen LogP) is 2.03. The van der Waals surface area contributed by atoms with Crippen LogP contribution >= 0.6 is 11.6 Å². The van der Waals surface area contributed by atoms with Crippen molar-refractivity contribution >= 4 is 21.6 Å². The number of sulfonamides is 1. The zero-order chi connectivity index (χ0) is 10.8. The van der Waals surface area contributed by atoms with E-state index in [9.17, 15) is 8.42 Å². The van der Waals surface area contributed by atoms with Gasteiger partial charge in [-0.3, -0.25) is 0 Å². The van der Waals surface area contributed by atoms with Gasteiger partial charge in [0.05, 0.1) is 4.90 Å². The fraction of sp³-hybridized carbons (Fsp3) is 0.333. The third-order valence-corrected chi connectivity index (χ3v) is 3.44. The third kappa shape index (κ3) is 2.97. The van der Waals surface area contributed by atoms with E-state index in [1.54, 1.807) is 26.0 Å². The zero-order valence-electron chi connectivity index (χ0n) is 7.99. The van der Waals surface area contributed by atoms with E-state index >= 15 is 0 Å². The molecule has 3 nitrogen and oxygen atoms in total. The molecule has 0 aliphatic carbocycles. The van der Waals surface area contributed by atoms with Crippen LogP contribution < -0.4 is 4.72 Å². The van der Waals surface area contributed by atoms with Crippen LogP contribution in [0.5, 0.6) is 0 Å². The Hall–Kier alpha value is -0.580. The maximum Gasteiger partial charge on any atom is 0.240 e. The Morgan fingerprint density at radius 2 is 1.71 bits per heavy atom. The monoisotopic (exact) mass is 233 g/mol. The summed E-state index contributed by atoms with van der Waals surface area (Å²) >= 11 is 5.65. The van der Waals surface area contributed by atoms with Crippen LogP contribution in [0, 0.1) is 0 Å². The molecule has 0 saturated heterocycles. The van der Waals surface area contributed by atoms with Crippen molar-refractivity contribution in [3.63, 3.8) is 0 Å². The summed E-state index contributed by atoms with van der Waals surface area (Å²) in [6, 6.07) is 5.95. The molecule has 0 heterocycles. The highest BCUT2D eigenvalue weighted by Crippen LogP contribution is 2.13. The second-order valence-corrected chi connectivity index (χ2v) is 5.38. The summed E-state index contributed by atoms with van der Waals surface area (Å²) < 4.78 is 25.7. The van der Waals surface area contributed by atoms with Gasteiger partial charge < -0.3 is 0 Å². The van der Waals surface area contributed by atoms with Gasteiger partial charge in [-0.15, -0.1) is 0 Å². The molecule has 0 aromatic heterocycles. The maximum atomic E-state index is 11.6. The molecule has 1 aromatic rings. The number of hydrogen-bond acceptors (Lipinski definition) is 2. The Morgan fingerprint density at radius 3 is 2.14 bits per heavy atom. The molecule has 0 atom stereocenters. The zero-order valence-corrected chi connectivity index (χ0v) is 9.56. The number of halogens is 1. The summed E-state index contributed by atoms with van der Waals surface area (Å²) in [5.41, 5.74) is 0. The van der Waals surface area contributed by atoms with Gasteiger partial charge in [0.15, 0.2) is 0 Å². The lowest BCUT2D eigenvalue weighted by Gasteiger charge is -2.09. The van der Waals surface area contributed by atoms with E-state index in [1.165, 1.54) is 12.1 Å². The molecule has 78 valence electrons. The Kier molecular flexibility index (Phi) is 3.53. The summed E-state index contributed by atoms with van der Waals surface area (Å²) in [5, 5.41) is 0.522. The minimum Gasteiger partial charge on any atom is -0.209 e. The van der Waals surface area contributed by atoms with Crippen LogP contribution in [0.25, 0.3) is 0 Å². The average molecular weight is 234 g/mol. The Bertz CT molecular complexity index is 397.